The van der Waals surface area contributed by atoms with E-state index < -0.39 is 0 Å². The average Bonchev–Trinajstić information content (AvgIpc) is 2.74. The molecule has 0 bridgehead atoms. The van der Waals surface area contributed by atoms with Gasteiger partial charge >= 0.3 is 0 Å². The van der Waals surface area contributed by atoms with Crippen LogP contribution in [-0.4, -0.2) is 6.21 Å². The highest BCUT2D eigenvalue weighted by Gasteiger charge is 2.13. The van der Waals surface area contributed by atoms with Crippen molar-refractivity contribution in [2.24, 2.45) is 4.99 Å². The van der Waals surface area contributed by atoms with E-state index in [1.807, 2.05) is 12.3 Å². The van der Waals surface area contributed by atoms with Gasteiger partial charge in [0, 0.05) is 18.2 Å². The lowest BCUT2D eigenvalue weighted by atomic mass is 10.0. The van der Waals surface area contributed by atoms with Crippen LogP contribution in [0, 0.1) is 0 Å². The topological polar surface area (TPSA) is 12.4 Å². The van der Waals surface area contributed by atoms with E-state index in [0.717, 1.165) is 6.42 Å². The third kappa shape index (κ3) is 1.37. The largest absolute Gasteiger partial charge is 0.260 e. The summed E-state index contributed by atoms with van der Waals surface area (Å²) in [5.74, 6) is 0. The van der Waals surface area contributed by atoms with E-state index in [4.69, 9.17) is 0 Å². The first kappa shape index (κ1) is 8.42. The molecule has 0 radical (unpaired) electrons. The van der Waals surface area contributed by atoms with Crippen LogP contribution in [0.5, 0.6) is 0 Å². The zero-order chi connectivity index (χ0) is 10.1. The van der Waals surface area contributed by atoms with Crippen LogP contribution >= 0.6 is 0 Å². The van der Waals surface area contributed by atoms with Gasteiger partial charge in [-0.05, 0) is 17.2 Å². The molecule has 1 aliphatic heterocycles. The molecule has 1 heteroatoms. The number of aliphatic imine (C=N–C) groups is 1. The van der Waals surface area contributed by atoms with Crippen LogP contribution in [0.15, 0.2) is 53.2 Å². The Labute approximate surface area is 89.2 Å². The Bertz CT molecular complexity index is 516. The summed E-state index contributed by atoms with van der Waals surface area (Å²) < 4.78 is 0. The van der Waals surface area contributed by atoms with Gasteiger partial charge in [0.25, 0.3) is 0 Å². The van der Waals surface area contributed by atoms with Gasteiger partial charge in [0.15, 0.2) is 0 Å². The maximum Gasteiger partial charge on any atom is 0.0519 e. The first-order valence-electron chi connectivity index (χ1n) is 5.15. The third-order valence-corrected chi connectivity index (χ3v) is 2.76. The Morgan fingerprint density at radius 3 is 2.87 bits per heavy atom. The lowest BCUT2D eigenvalue weighted by Crippen LogP contribution is -1.89. The zero-order valence-corrected chi connectivity index (χ0v) is 8.35. The molecule has 0 saturated heterocycles. The number of dihydropyridines is 1. The second kappa shape index (κ2) is 3.35. The second-order valence-corrected chi connectivity index (χ2v) is 3.69. The van der Waals surface area contributed by atoms with Gasteiger partial charge in [-0.2, -0.15) is 0 Å². The molecule has 0 saturated carbocycles. The molecule has 15 heavy (non-hydrogen) atoms. The van der Waals surface area contributed by atoms with E-state index in [1.54, 1.807) is 0 Å². The molecule has 0 aromatic heterocycles. The predicted octanol–water partition coefficient (Wildman–Crippen LogP) is 3.46. The van der Waals surface area contributed by atoms with Gasteiger partial charge in [-0.3, -0.25) is 4.99 Å². The molecule has 3 rings (SSSR count). The smallest absolute Gasteiger partial charge is 0.0519 e. The number of hydrogen-bond acceptors (Lipinski definition) is 1. The minimum Gasteiger partial charge on any atom is -0.260 e. The highest BCUT2D eigenvalue weighted by molar-refractivity contribution is 5.92. The highest BCUT2D eigenvalue weighted by Crippen LogP contribution is 2.33. The lowest BCUT2D eigenvalue weighted by molar-refractivity contribution is 1.16. The monoisotopic (exact) mass is 193 g/mol. The molecule has 1 aromatic rings. The van der Waals surface area contributed by atoms with Crippen molar-refractivity contribution in [3.05, 3.63) is 59.3 Å². The van der Waals surface area contributed by atoms with Crippen LogP contribution in [-0.2, 0) is 0 Å². The van der Waals surface area contributed by atoms with Gasteiger partial charge in [-0.25, -0.2) is 0 Å². The van der Waals surface area contributed by atoms with Crippen LogP contribution in [0.4, 0.5) is 0 Å². The van der Waals surface area contributed by atoms with Crippen molar-refractivity contribution in [1.29, 1.82) is 0 Å². The fraction of sp³-hybridized carbons (Fsp3) is 0.0714. The molecule has 0 atom stereocenters. The zero-order valence-electron chi connectivity index (χ0n) is 8.35. The first-order valence-corrected chi connectivity index (χ1v) is 5.15. The number of allylic oxidation sites excluding steroid dienone is 4. The molecule has 1 aromatic carbocycles. The van der Waals surface area contributed by atoms with E-state index in [9.17, 15) is 0 Å². The number of hydrogen-bond donors (Lipinski definition) is 0. The van der Waals surface area contributed by atoms with Crippen molar-refractivity contribution in [3.63, 3.8) is 0 Å². The van der Waals surface area contributed by atoms with Gasteiger partial charge in [0.1, 0.15) is 0 Å². The molecule has 72 valence electrons. The Balaban J connectivity index is 2.14. The summed E-state index contributed by atoms with van der Waals surface area (Å²) in [6.45, 7) is 0. The van der Waals surface area contributed by atoms with Crippen molar-refractivity contribution >= 4 is 17.9 Å². The molecule has 0 N–H and O–H groups in total. The number of nitrogens with zero attached hydrogens (tertiary/aromatic N) is 1. The SMILES string of the molecule is C1=CCC(=C2C=Cc3ccccc32)N=C1. The highest BCUT2D eigenvalue weighted by atomic mass is 14.7. The Morgan fingerprint density at radius 1 is 1.07 bits per heavy atom. The summed E-state index contributed by atoms with van der Waals surface area (Å²) in [6, 6.07) is 8.45. The molecule has 0 amide bonds. The number of benzene rings is 1. The summed E-state index contributed by atoms with van der Waals surface area (Å²) in [5, 5.41) is 0. The average molecular weight is 193 g/mol. The molecule has 0 unspecified atom stereocenters. The molecule has 0 fully saturated rings. The Hall–Kier alpha value is -1.89. The molecule has 1 nitrogen and oxygen atoms in total. The third-order valence-electron chi connectivity index (χ3n) is 2.76. The lowest BCUT2D eigenvalue weighted by Gasteiger charge is -2.07. The predicted molar refractivity (Wildman–Crippen MR) is 64.6 cm³/mol. The molecule has 1 heterocycles. The van der Waals surface area contributed by atoms with E-state index in [0.29, 0.717) is 0 Å². The minimum atomic E-state index is 0.935. The van der Waals surface area contributed by atoms with Crippen LogP contribution in [0.1, 0.15) is 17.5 Å². The summed E-state index contributed by atoms with van der Waals surface area (Å²) in [6.07, 6.45) is 11.3. The van der Waals surface area contributed by atoms with E-state index in [-0.39, 0.29) is 0 Å². The molecule has 1 aliphatic carbocycles. The summed E-state index contributed by atoms with van der Waals surface area (Å²) in [4.78, 5) is 4.43. The molecule has 0 spiro atoms. The number of fused-ring (bicyclic) bond motifs is 1. The fourth-order valence-corrected chi connectivity index (χ4v) is 2.01. The molecular formula is C14H11N. The summed E-state index contributed by atoms with van der Waals surface area (Å²) in [5.41, 5.74) is 5.04. The second-order valence-electron chi connectivity index (χ2n) is 3.69. The van der Waals surface area contributed by atoms with Crippen molar-refractivity contribution < 1.29 is 0 Å². The van der Waals surface area contributed by atoms with Gasteiger partial charge in [0.05, 0.1) is 5.70 Å². The van der Waals surface area contributed by atoms with Crippen LogP contribution in [0.2, 0.25) is 0 Å². The van der Waals surface area contributed by atoms with Crippen LogP contribution in [0.25, 0.3) is 11.6 Å². The standard InChI is InChI=1S/C14H11N/c1-2-6-12-11(5-1)8-9-13(12)14-7-3-4-10-15-14/h1-6,8-10H,7H2. The maximum absolute atomic E-state index is 4.43. The fourth-order valence-electron chi connectivity index (χ4n) is 2.01. The van der Waals surface area contributed by atoms with Gasteiger partial charge in [0.2, 0.25) is 0 Å². The van der Waals surface area contributed by atoms with Gasteiger partial charge in [-0.1, -0.05) is 42.5 Å². The van der Waals surface area contributed by atoms with Crippen molar-refractivity contribution in [2.75, 3.05) is 0 Å². The van der Waals surface area contributed by atoms with Crippen LogP contribution < -0.4 is 0 Å². The van der Waals surface area contributed by atoms with E-state index in [2.05, 4.69) is 47.5 Å². The van der Waals surface area contributed by atoms with Crippen LogP contribution in [0.3, 0.4) is 0 Å². The van der Waals surface area contributed by atoms with E-state index >= 15 is 0 Å². The number of rotatable bonds is 0. The van der Waals surface area contributed by atoms with Crippen molar-refractivity contribution in [3.8, 4) is 0 Å². The normalized spacial score (nSPS) is 22.1. The van der Waals surface area contributed by atoms with Gasteiger partial charge < -0.3 is 0 Å². The Morgan fingerprint density at radius 2 is 2.00 bits per heavy atom. The molecule has 2 aliphatic rings. The Kier molecular flexibility index (Phi) is 1.88. The summed E-state index contributed by atoms with van der Waals surface area (Å²) >= 11 is 0. The maximum atomic E-state index is 4.43. The van der Waals surface area contributed by atoms with Crippen molar-refractivity contribution in [1.82, 2.24) is 0 Å². The molecular weight excluding hydrogens is 182 g/mol. The quantitative estimate of drug-likeness (QED) is 0.598. The van der Waals surface area contributed by atoms with Crippen molar-refractivity contribution in [2.45, 2.75) is 6.42 Å². The van der Waals surface area contributed by atoms with Gasteiger partial charge in [-0.15, -0.1) is 0 Å². The van der Waals surface area contributed by atoms with E-state index in [1.165, 1.54) is 22.4 Å². The minimum absolute atomic E-state index is 0.935. The first-order chi connectivity index (χ1) is 7.45. The summed E-state index contributed by atoms with van der Waals surface area (Å²) in [7, 11) is 0.